The molecule has 1 aliphatic rings. The summed E-state index contributed by atoms with van der Waals surface area (Å²) in [6.45, 7) is 0. The van der Waals surface area contributed by atoms with E-state index in [0.29, 0.717) is 16.6 Å². The van der Waals surface area contributed by atoms with Crippen LogP contribution in [0.5, 0.6) is 0 Å². The molecule has 1 saturated heterocycles. The molecule has 4 N–H and O–H groups in total. The number of aliphatic hydroxyl groups is 1. The topological polar surface area (TPSA) is 146 Å². The Kier molecular flexibility index (Phi) is 5.03. The van der Waals surface area contributed by atoms with Crippen LogP contribution in [0.15, 0.2) is 89.6 Å². The minimum atomic E-state index is -3.94. The van der Waals surface area contributed by atoms with Crippen molar-refractivity contribution in [3.05, 3.63) is 96.0 Å². The molecule has 9 nitrogen and oxygen atoms in total. The predicted molar refractivity (Wildman–Crippen MR) is 125 cm³/mol. The van der Waals surface area contributed by atoms with Crippen molar-refractivity contribution in [2.75, 3.05) is 4.90 Å². The monoisotopic (exact) mass is 474 g/mol. The van der Waals surface area contributed by atoms with Gasteiger partial charge in [0.1, 0.15) is 11.8 Å². The van der Waals surface area contributed by atoms with Crippen LogP contribution in [0, 0.1) is 0 Å². The average Bonchev–Trinajstić information content (AvgIpc) is 3.38. The highest BCUT2D eigenvalue weighted by Gasteiger charge is 2.47. The lowest BCUT2D eigenvalue weighted by Gasteiger charge is -2.24. The number of hydrogen-bond donors (Lipinski definition) is 3. The van der Waals surface area contributed by atoms with Gasteiger partial charge in [-0.1, -0.05) is 24.3 Å². The van der Waals surface area contributed by atoms with E-state index in [0.717, 1.165) is 5.52 Å². The van der Waals surface area contributed by atoms with Gasteiger partial charge in [0.15, 0.2) is 0 Å². The molecule has 34 heavy (non-hydrogen) atoms. The van der Waals surface area contributed by atoms with Crippen molar-refractivity contribution in [2.24, 2.45) is 5.14 Å². The van der Waals surface area contributed by atoms with E-state index in [1.54, 1.807) is 36.5 Å². The number of ketones is 1. The molecule has 1 amide bonds. The third-order valence-electron chi connectivity index (χ3n) is 5.70. The Hall–Kier alpha value is -4.28. The highest BCUT2D eigenvalue weighted by Crippen LogP contribution is 2.42. The molecule has 0 aliphatic carbocycles. The van der Waals surface area contributed by atoms with Crippen LogP contribution in [0.25, 0.3) is 16.7 Å². The first kappa shape index (κ1) is 21.6. The van der Waals surface area contributed by atoms with Crippen LogP contribution in [0.3, 0.4) is 0 Å². The number of primary sulfonamides is 1. The normalized spacial score (nSPS) is 18.0. The highest BCUT2D eigenvalue weighted by molar-refractivity contribution is 7.89. The van der Waals surface area contributed by atoms with Gasteiger partial charge in [0.05, 0.1) is 16.2 Å². The molecule has 10 heteroatoms. The maximum Gasteiger partial charge on any atom is 0.300 e. The van der Waals surface area contributed by atoms with Crippen LogP contribution < -0.4 is 10.0 Å². The third kappa shape index (κ3) is 3.45. The van der Waals surface area contributed by atoms with Crippen molar-refractivity contribution in [1.82, 2.24) is 9.97 Å². The molecule has 5 rings (SSSR count). The van der Waals surface area contributed by atoms with Gasteiger partial charge >= 0.3 is 0 Å². The number of sulfonamides is 1. The van der Waals surface area contributed by atoms with Gasteiger partial charge in [-0.25, -0.2) is 13.6 Å². The van der Waals surface area contributed by atoms with Gasteiger partial charge in [0, 0.05) is 34.5 Å². The minimum Gasteiger partial charge on any atom is -0.507 e. The molecule has 0 saturated carbocycles. The lowest BCUT2D eigenvalue weighted by atomic mass is 9.98. The van der Waals surface area contributed by atoms with Gasteiger partial charge in [-0.15, -0.1) is 0 Å². The number of H-pyrrole nitrogens is 1. The fraction of sp³-hybridized carbons (Fsp3) is 0.0417. The number of para-hydroxylation sites is 1. The molecule has 1 unspecified atom stereocenters. The lowest BCUT2D eigenvalue weighted by Crippen LogP contribution is -2.29. The van der Waals surface area contributed by atoms with Gasteiger partial charge in [-0.2, -0.15) is 0 Å². The molecule has 170 valence electrons. The number of hydrogen-bond acceptors (Lipinski definition) is 6. The fourth-order valence-electron chi connectivity index (χ4n) is 4.13. The largest absolute Gasteiger partial charge is 0.507 e. The molecule has 1 atom stereocenters. The molecule has 1 fully saturated rings. The number of nitrogens with two attached hydrogens (primary N) is 1. The number of nitrogens with zero attached hydrogens (tertiary/aromatic N) is 2. The van der Waals surface area contributed by atoms with Crippen LogP contribution in [0.2, 0.25) is 0 Å². The maximum atomic E-state index is 13.2. The van der Waals surface area contributed by atoms with E-state index in [4.69, 9.17) is 5.14 Å². The summed E-state index contributed by atoms with van der Waals surface area (Å²) in [4.78, 5) is 34.8. The summed E-state index contributed by atoms with van der Waals surface area (Å²) >= 11 is 0. The summed E-state index contributed by atoms with van der Waals surface area (Å²) in [5.74, 6) is -2.09. The van der Waals surface area contributed by atoms with E-state index in [1.165, 1.54) is 35.4 Å². The molecular weight excluding hydrogens is 456 g/mol. The van der Waals surface area contributed by atoms with Gasteiger partial charge in [0.25, 0.3) is 11.7 Å². The number of aliphatic hydroxyl groups excluding tert-OH is 1. The van der Waals surface area contributed by atoms with E-state index in [-0.39, 0.29) is 21.9 Å². The fourth-order valence-corrected chi connectivity index (χ4v) is 4.64. The molecule has 3 heterocycles. The molecule has 1 aliphatic heterocycles. The zero-order valence-corrected chi connectivity index (χ0v) is 18.4. The van der Waals surface area contributed by atoms with E-state index >= 15 is 0 Å². The summed E-state index contributed by atoms with van der Waals surface area (Å²) in [7, 11) is -3.94. The Balaban J connectivity index is 1.72. The van der Waals surface area contributed by atoms with Crippen molar-refractivity contribution < 1.29 is 23.1 Å². The van der Waals surface area contributed by atoms with Crippen molar-refractivity contribution in [2.45, 2.75) is 10.9 Å². The molecular formula is C24H18N4O5S. The summed E-state index contributed by atoms with van der Waals surface area (Å²) < 4.78 is 23.3. The first-order chi connectivity index (χ1) is 16.3. The van der Waals surface area contributed by atoms with E-state index in [1.807, 2.05) is 12.1 Å². The summed E-state index contributed by atoms with van der Waals surface area (Å²) in [6, 6.07) is 16.5. The van der Waals surface area contributed by atoms with E-state index < -0.39 is 27.8 Å². The van der Waals surface area contributed by atoms with Crippen LogP contribution in [0.1, 0.15) is 17.3 Å². The second-order valence-corrected chi connectivity index (χ2v) is 9.27. The summed E-state index contributed by atoms with van der Waals surface area (Å²) in [6.07, 6.45) is 3.09. The van der Waals surface area contributed by atoms with Crippen LogP contribution in [0.4, 0.5) is 5.69 Å². The van der Waals surface area contributed by atoms with Gasteiger partial charge in [-0.3, -0.25) is 19.5 Å². The van der Waals surface area contributed by atoms with Crippen LogP contribution in [-0.4, -0.2) is 35.2 Å². The number of fused-ring (bicyclic) bond motifs is 1. The number of benzene rings is 2. The van der Waals surface area contributed by atoms with Crippen LogP contribution >= 0.6 is 0 Å². The molecule has 0 spiro atoms. The number of rotatable bonds is 4. The minimum absolute atomic E-state index is 0.121. The molecule has 4 aromatic rings. The number of aromatic nitrogens is 2. The second-order valence-electron chi connectivity index (χ2n) is 7.71. The van der Waals surface area contributed by atoms with Gasteiger partial charge in [0.2, 0.25) is 10.0 Å². The number of Topliss-reactive ketones (excluding diaryl/α,β-unsaturated/α-hetero) is 1. The molecule has 2 aromatic heterocycles. The number of nitrogens with one attached hydrogen (secondary N) is 1. The summed E-state index contributed by atoms with van der Waals surface area (Å²) in [5.41, 5.74) is 1.62. The average molecular weight is 474 g/mol. The summed E-state index contributed by atoms with van der Waals surface area (Å²) in [5, 5.41) is 17.1. The Bertz CT molecular complexity index is 1570. The van der Waals surface area contributed by atoms with Crippen LogP contribution in [-0.2, 0) is 19.6 Å². The van der Waals surface area contributed by atoms with E-state index in [2.05, 4.69) is 9.97 Å². The number of carbonyl (C=O) groups is 2. The second kappa shape index (κ2) is 7.94. The van der Waals surface area contributed by atoms with Crippen molar-refractivity contribution in [1.29, 1.82) is 0 Å². The highest BCUT2D eigenvalue weighted by atomic mass is 32.2. The number of anilines is 1. The molecule has 0 radical (unpaired) electrons. The van der Waals surface area contributed by atoms with Gasteiger partial charge in [-0.05, 0) is 42.5 Å². The SMILES string of the molecule is NS(=O)(=O)c1ccc(N2C(=O)C(=O)/C(=C(\O)c3c[nH]c4ccccc34)C2c2ccccn2)cc1. The number of aromatic amines is 1. The lowest BCUT2D eigenvalue weighted by molar-refractivity contribution is -0.132. The quantitative estimate of drug-likeness (QED) is 0.235. The number of pyridine rings is 1. The Morgan fingerprint density at radius 3 is 2.38 bits per heavy atom. The third-order valence-corrected chi connectivity index (χ3v) is 6.63. The smallest absolute Gasteiger partial charge is 0.300 e. The zero-order chi connectivity index (χ0) is 24.0. The standard InChI is InChI=1S/C24H18N4O5S/c25-34(32,33)15-10-8-14(9-11-15)28-21(19-7-3-4-12-26-19)20(23(30)24(28)31)22(29)17-13-27-18-6-2-1-5-16(17)18/h1-13,21,27,29H,(H2,25,32,33)/b22-20-. The van der Waals surface area contributed by atoms with Crippen molar-refractivity contribution in [3.63, 3.8) is 0 Å². The van der Waals surface area contributed by atoms with Crippen molar-refractivity contribution in [3.8, 4) is 0 Å². The first-order valence-corrected chi connectivity index (χ1v) is 11.7. The van der Waals surface area contributed by atoms with Gasteiger partial charge < -0.3 is 10.1 Å². The number of amides is 1. The molecule has 0 bridgehead atoms. The Morgan fingerprint density at radius 1 is 1.00 bits per heavy atom. The zero-order valence-electron chi connectivity index (χ0n) is 17.5. The Morgan fingerprint density at radius 2 is 1.71 bits per heavy atom. The predicted octanol–water partition coefficient (Wildman–Crippen LogP) is 2.84. The maximum absolute atomic E-state index is 13.2. The Labute approximate surface area is 194 Å². The first-order valence-electron chi connectivity index (χ1n) is 10.2. The molecule has 2 aromatic carbocycles. The van der Waals surface area contributed by atoms with Crippen molar-refractivity contribution >= 4 is 44.1 Å². The van der Waals surface area contributed by atoms with E-state index in [9.17, 15) is 23.1 Å². The number of carbonyl (C=O) groups excluding carboxylic acids is 2.